The van der Waals surface area contributed by atoms with Crippen molar-refractivity contribution >= 4 is 37.9 Å². The summed E-state index contributed by atoms with van der Waals surface area (Å²) in [5, 5.41) is 10.3. The summed E-state index contributed by atoms with van der Waals surface area (Å²) >= 11 is 6.72. The van der Waals surface area contributed by atoms with Gasteiger partial charge in [-0.05, 0) is 79.5 Å². The number of aromatic hydroxyl groups is 1. The fourth-order valence-electron chi connectivity index (χ4n) is 1.89. The lowest BCUT2D eigenvalue weighted by molar-refractivity contribution is 0.442. The van der Waals surface area contributed by atoms with Crippen molar-refractivity contribution in [2.24, 2.45) is 0 Å². The molecule has 1 aromatic carbocycles. The molecule has 0 unspecified atom stereocenters. The number of hydrogen-bond acceptors (Lipinski definition) is 1. The maximum Gasteiger partial charge on any atom is 0.122 e. The van der Waals surface area contributed by atoms with E-state index in [4.69, 9.17) is 0 Å². The van der Waals surface area contributed by atoms with E-state index in [-0.39, 0.29) is 5.41 Å². The van der Waals surface area contributed by atoms with Crippen molar-refractivity contribution in [2.45, 2.75) is 40.0 Å². The molecule has 0 amide bonds. The maximum atomic E-state index is 10.3. The number of phenols is 1. The van der Waals surface area contributed by atoms with Crippen LogP contribution in [0.3, 0.4) is 0 Å². The average Bonchev–Trinajstić information content (AvgIpc) is 2.16. The van der Waals surface area contributed by atoms with Gasteiger partial charge in [-0.3, -0.25) is 0 Å². The first kappa shape index (κ1) is 14.8. The van der Waals surface area contributed by atoms with E-state index in [0.29, 0.717) is 5.75 Å². The normalized spacial score (nSPS) is 11.5. The van der Waals surface area contributed by atoms with Crippen LogP contribution in [-0.4, -0.2) is 5.11 Å². The van der Waals surface area contributed by atoms with Crippen molar-refractivity contribution in [3.8, 4) is 5.75 Å². The minimum atomic E-state index is -0.0481. The molecular formula is C14H18Br2O. The van der Waals surface area contributed by atoms with Gasteiger partial charge in [0.05, 0.1) is 3.39 Å². The van der Waals surface area contributed by atoms with Gasteiger partial charge in [-0.2, -0.15) is 0 Å². The minimum Gasteiger partial charge on any atom is -0.507 e. The number of hydrogen-bond donors (Lipinski definition) is 1. The molecule has 0 aromatic heterocycles. The van der Waals surface area contributed by atoms with Crippen molar-refractivity contribution < 1.29 is 5.11 Å². The monoisotopic (exact) mass is 360 g/mol. The molecule has 0 spiro atoms. The summed E-state index contributed by atoms with van der Waals surface area (Å²) in [5.41, 5.74) is 4.09. The third kappa shape index (κ3) is 3.35. The van der Waals surface area contributed by atoms with Crippen molar-refractivity contribution in [3.63, 3.8) is 0 Å². The first-order chi connectivity index (χ1) is 7.64. The van der Waals surface area contributed by atoms with Gasteiger partial charge in [0, 0.05) is 0 Å². The Kier molecular flexibility index (Phi) is 4.48. The lowest BCUT2D eigenvalue weighted by Crippen LogP contribution is -2.12. The van der Waals surface area contributed by atoms with Gasteiger partial charge in [0.25, 0.3) is 0 Å². The summed E-state index contributed by atoms with van der Waals surface area (Å²) in [4.78, 5) is 0. The molecule has 1 aromatic rings. The molecule has 0 heterocycles. The topological polar surface area (TPSA) is 20.2 Å². The summed E-state index contributed by atoms with van der Waals surface area (Å²) in [6, 6.07) is 2.07. The predicted molar refractivity (Wildman–Crippen MR) is 82.1 cm³/mol. The third-order valence-electron chi connectivity index (χ3n) is 2.86. The molecule has 0 fully saturated rings. The Morgan fingerprint density at radius 2 is 1.76 bits per heavy atom. The third-order valence-corrected chi connectivity index (χ3v) is 3.32. The zero-order valence-corrected chi connectivity index (χ0v) is 14.0. The highest BCUT2D eigenvalue weighted by atomic mass is 79.9. The molecule has 0 aliphatic carbocycles. The first-order valence-corrected chi connectivity index (χ1v) is 7.09. The van der Waals surface area contributed by atoms with Crippen LogP contribution >= 0.6 is 31.9 Å². The molecule has 0 aliphatic rings. The average molecular weight is 362 g/mol. The van der Waals surface area contributed by atoms with Crippen LogP contribution < -0.4 is 0 Å². The van der Waals surface area contributed by atoms with Crippen molar-refractivity contribution in [2.75, 3.05) is 0 Å². The molecule has 0 radical (unpaired) electrons. The van der Waals surface area contributed by atoms with E-state index in [2.05, 4.69) is 65.6 Å². The molecule has 94 valence electrons. The summed E-state index contributed by atoms with van der Waals surface area (Å²) < 4.78 is 0.874. The van der Waals surface area contributed by atoms with E-state index in [1.165, 1.54) is 5.56 Å². The van der Waals surface area contributed by atoms with Gasteiger partial charge in [0.2, 0.25) is 0 Å². The minimum absolute atomic E-state index is 0.0481. The summed E-state index contributed by atoms with van der Waals surface area (Å²) in [7, 11) is 0. The Bertz CT molecular complexity index is 464. The van der Waals surface area contributed by atoms with Crippen LogP contribution in [0.25, 0.3) is 6.08 Å². The molecule has 1 rings (SSSR count). The summed E-state index contributed by atoms with van der Waals surface area (Å²) in [6.45, 7) is 10.3. The summed E-state index contributed by atoms with van der Waals surface area (Å²) in [5.74, 6) is 0.399. The zero-order valence-electron chi connectivity index (χ0n) is 10.9. The highest BCUT2D eigenvalue weighted by molar-refractivity contribution is 9.28. The molecule has 1 N–H and O–H groups in total. The van der Waals surface area contributed by atoms with E-state index >= 15 is 0 Å². The van der Waals surface area contributed by atoms with Crippen molar-refractivity contribution in [3.05, 3.63) is 31.7 Å². The second kappa shape index (κ2) is 5.15. The Morgan fingerprint density at radius 1 is 1.24 bits per heavy atom. The van der Waals surface area contributed by atoms with Gasteiger partial charge < -0.3 is 5.11 Å². The summed E-state index contributed by atoms with van der Waals surface area (Å²) in [6.07, 6.45) is 1.97. The molecule has 0 bridgehead atoms. The Labute approximate surface area is 120 Å². The molecule has 0 aliphatic heterocycles. The number of phenolic OH excluding ortho intramolecular Hbond substituents is 1. The van der Waals surface area contributed by atoms with E-state index in [1.807, 2.05) is 13.0 Å². The predicted octanol–water partition coefficient (Wildman–Crippen LogP) is 5.39. The first-order valence-electron chi connectivity index (χ1n) is 5.51. The maximum absolute atomic E-state index is 10.3. The lowest BCUT2D eigenvalue weighted by Gasteiger charge is -2.23. The Balaban J connectivity index is 3.53. The molecular weight excluding hydrogens is 344 g/mol. The van der Waals surface area contributed by atoms with Crippen LogP contribution in [0.2, 0.25) is 0 Å². The number of benzene rings is 1. The van der Waals surface area contributed by atoms with E-state index < -0.39 is 0 Å². The number of aryl methyl sites for hydroxylation is 1. The Hall–Kier alpha value is -0.280. The second-order valence-corrected chi connectivity index (χ2v) is 8.09. The molecule has 3 heteroatoms. The van der Waals surface area contributed by atoms with Crippen LogP contribution in [0.15, 0.2) is 9.46 Å². The highest BCUT2D eigenvalue weighted by Crippen LogP contribution is 2.37. The number of rotatable bonds is 1. The van der Waals surface area contributed by atoms with Crippen LogP contribution in [-0.2, 0) is 5.41 Å². The second-order valence-electron chi connectivity index (χ2n) is 5.31. The van der Waals surface area contributed by atoms with Gasteiger partial charge in [-0.15, -0.1) is 0 Å². The highest BCUT2D eigenvalue weighted by Gasteiger charge is 2.21. The van der Waals surface area contributed by atoms with Crippen LogP contribution in [0.4, 0.5) is 0 Å². The largest absolute Gasteiger partial charge is 0.507 e. The van der Waals surface area contributed by atoms with Gasteiger partial charge in [-0.1, -0.05) is 26.8 Å². The van der Waals surface area contributed by atoms with Gasteiger partial charge in [-0.25, -0.2) is 0 Å². The van der Waals surface area contributed by atoms with E-state index in [0.717, 1.165) is 20.1 Å². The molecule has 0 atom stereocenters. The van der Waals surface area contributed by atoms with Crippen LogP contribution in [0, 0.1) is 13.8 Å². The molecule has 0 saturated carbocycles. The van der Waals surface area contributed by atoms with Crippen LogP contribution in [0.5, 0.6) is 5.75 Å². The smallest absolute Gasteiger partial charge is 0.122 e. The number of halogens is 2. The van der Waals surface area contributed by atoms with Gasteiger partial charge >= 0.3 is 0 Å². The quantitative estimate of drug-likeness (QED) is 0.710. The molecule has 17 heavy (non-hydrogen) atoms. The fraction of sp³-hybridized carbons (Fsp3) is 0.429. The fourth-order valence-corrected chi connectivity index (χ4v) is 2.35. The Morgan fingerprint density at radius 3 is 2.18 bits per heavy atom. The van der Waals surface area contributed by atoms with Gasteiger partial charge in [0.15, 0.2) is 0 Å². The lowest BCUT2D eigenvalue weighted by atomic mass is 9.83. The van der Waals surface area contributed by atoms with Gasteiger partial charge in [0.1, 0.15) is 5.75 Å². The molecule has 0 saturated heterocycles. The zero-order chi connectivity index (χ0) is 13.4. The van der Waals surface area contributed by atoms with Crippen molar-refractivity contribution in [1.29, 1.82) is 0 Å². The van der Waals surface area contributed by atoms with Crippen molar-refractivity contribution in [1.82, 2.24) is 0 Å². The van der Waals surface area contributed by atoms with E-state index in [1.54, 1.807) is 0 Å². The molecule has 1 nitrogen and oxygen atoms in total. The van der Waals surface area contributed by atoms with E-state index in [9.17, 15) is 5.11 Å². The SMILES string of the molecule is Cc1cc(C(C)(C)C)c(O)c(C)c1C=C(Br)Br. The van der Waals surface area contributed by atoms with Crippen LogP contribution in [0.1, 0.15) is 43.0 Å². The standard InChI is InChI=1S/C14H18Br2O/c1-8-6-11(14(3,4)5)13(17)9(2)10(8)7-12(15)16/h6-7,17H,1-5H3.